The van der Waals surface area contributed by atoms with Crippen LogP contribution in [-0.2, 0) is 17.8 Å². The highest BCUT2D eigenvalue weighted by Gasteiger charge is 2.21. The van der Waals surface area contributed by atoms with E-state index in [-0.39, 0.29) is 11.8 Å². The first-order chi connectivity index (χ1) is 13.5. The van der Waals surface area contributed by atoms with Crippen molar-refractivity contribution in [2.24, 2.45) is 0 Å². The predicted octanol–water partition coefficient (Wildman–Crippen LogP) is 2.82. The lowest BCUT2D eigenvalue weighted by Crippen LogP contribution is -2.48. The van der Waals surface area contributed by atoms with Gasteiger partial charge < -0.3 is 9.84 Å². The Bertz CT molecular complexity index is 794. The first-order valence-corrected chi connectivity index (χ1v) is 10.1. The smallest absolute Gasteiger partial charge is 0.240 e. The SMILES string of the molecule is CCc1cccc(C)c1NC(=O)CN1CCN(Cc2nc(C(C)C)no2)CC1. The summed E-state index contributed by atoms with van der Waals surface area (Å²) in [5.41, 5.74) is 3.25. The molecule has 1 aromatic carbocycles. The molecule has 1 N–H and O–H groups in total. The standard InChI is InChI=1S/C21H31N5O2/c1-5-17-8-6-7-16(4)20(17)22-18(27)13-25-9-11-26(12-10-25)14-19-23-21(15(2)3)24-28-19/h6-8,15H,5,9-14H2,1-4H3,(H,22,27). The molecule has 0 atom stereocenters. The molecule has 152 valence electrons. The second-order valence-corrected chi connectivity index (χ2v) is 7.76. The fraction of sp³-hybridized carbons (Fsp3) is 0.571. The molecule has 0 bridgehead atoms. The molecule has 0 saturated carbocycles. The average molecular weight is 386 g/mol. The molecule has 1 fully saturated rings. The van der Waals surface area contributed by atoms with Gasteiger partial charge in [0.1, 0.15) is 0 Å². The zero-order chi connectivity index (χ0) is 20.1. The van der Waals surface area contributed by atoms with E-state index in [1.54, 1.807) is 0 Å². The predicted molar refractivity (Wildman–Crippen MR) is 109 cm³/mol. The Labute approximate surface area is 167 Å². The number of amides is 1. The highest BCUT2D eigenvalue weighted by molar-refractivity contribution is 5.93. The molecular weight excluding hydrogens is 354 g/mol. The summed E-state index contributed by atoms with van der Waals surface area (Å²) in [7, 11) is 0. The molecule has 2 heterocycles. The number of hydrogen-bond donors (Lipinski definition) is 1. The number of nitrogens with zero attached hydrogens (tertiary/aromatic N) is 4. The highest BCUT2D eigenvalue weighted by Crippen LogP contribution is 2.21. The number of carbonyl (C=O) groups excluding carboxylic acids is 1. The van der Waals surface area contributed by atoms with E-state index in [1.165, 1.54) is 5.56 Å². The molecule has 0 spiro atoms. The number of rotatable bonds is 7. The van der Waals surface area contributed by atoms with Gasteiger partial charge in [0, 0.05) is 37.8 Å². The molecule has 3 rings (SSSR count). The molecule has 28 heavy (non-hydrogen) atoms. The first kappa shape index (κ1) is 20.5. The number of aromatic nitrogens is 2. The first-order valence-electron chi connectivity index (χ1n) is 10.1. The van der Waals surface area contributed by atoms with Gasteiger partial charge in [-0.2, -0.15) is 4.98 Å². The van der Waals surface area contributed by atoms with Gasteiger partial charge in [0.15, 0.2) is 5.82 Å². The van der Waals surface area contributed by atoms with Gasteiger partial charge in [-0.3, -0.25) is 14.6 Å². The van der Waals surface area contributed by atoms with E-state index >= 15 is 0 Å². The van der Waals surface area contributed by atoms with Gasteiger partial charge in [-0.1, -0.05) is 44.1 Å². The second-order valence-electron chi connectivity index (χ2n) is 7.76. The van der Waals surface area contributed by atoms with Crippen molar-refractivity contribution in [3.05, 3.63) is 41.0 Å². The van der Waals surface area contributed by atoms with Crippen LogP contribution in [0, 0.1) is 6.92 Å². The monoisotopic (exact) mass is 385 g/mol. The summed E-state index contributed by atoms with van der Waals surface area (Å²) >= 11 is 0. The molecule has 1 amide bonds. The molecule has 1 aromatic heterocycles. The normalized spacial score (nSPS) is 15.9. The van der Waals surface area contributed by atoms with Gasteiger partial charge in [0.05, 0.1) is 13.1 Å². The van der Waals surface area contributed by atoms with Crippen LogP contribution in [0.1, 0.15) is 49.5 Å². The van der Waals surface area contributed by atoms with Crippen LogP contribution in [0.25, 0.3) is 0 Å². The van der Waals surface area contributed by atoms with E-state index in [0.717, 1.165) is 49.7 Å². The van der Waals surface area contributed by atoms with Crippen molar-refractivity contribution < 1.29 is 9.32 Å². The Balaban J connectivity index is 1.47. The van der Waals surface area contributed by atoms with Gasteiger partial charge in [-0.15, -0.1) is 0 Å². The van der Waals surface area contributed by atoms with Crippen molar-refractivity contribution in [3.8, 4) is 0 Å². The number of piperazine rings is 1. The van der Waals surface area contributed by atoms with E-state index in [1.807, 2.05) is 19.1 Å². The van der Waals surface area contributed by atoms with Gasteiger partial charge in [-0.25, -0.2) is 0 Å². The Morgan fingerprint density at radius 1 is 1.21 bits per heavy atom. The van der Waals surface area contributed by atoms with Crippen LogP contribution in [0.2, 0.25) is 0 Å². The molecular formula is C21H31N5O2. The van der Waals surface area contributed by atoms with Crippen LogP contribution < -0.4 is 5.32 Å². The van der Waals surface area contributed by atoms with Crippen molar-refractivity contribution in [2.75, 3.05) is 38.0 Å². The van der Waals surface area contributed by atoms with Crippen molar-refractivity contribution in [1.82, 2.24) is 19.9 Å². The van der Waals surface area contributed by atoms with Gasteiger partial charge in [-0.05, 0) is 24.5 Å². The summed E-state index contributed by atoms with van der Waals surface area (Å²) in [6.45, 7) is 12.8. The fourth-order valence-corrected chi connectivity index (χ4v) is 3.45. The fourth-order valence-electron chi connectivity index (χ4n) is 3.45. The average Bonchev–Trinajstić information content (AvgIpc) is 3.14. The summed E-state index contributed by atoms with van der Waals surface area (Å²) in [5.74, 6) is 1.75. The Morgan fingerprint density at radius 2 is 1.93 bits per heavy atom. The maximum Gasteiger partial charge on any atom is 0.240 e. The number of benzene rings is 1. The summed E-state index contributed by atoms with van der Waals surface area (Å²) in [5, 5.41) is 7.13. The lowest BCUT2D eigenvalue weighted by atomic mass is 10.1. The van der Waals surface area contributed by atoms with Crippen LogP contribution in [0.3, 0.4) is 0 Å². The number of carbonyl (C=O) groups is 1. The molecule has 7 nitrogen and oxygen atoms in total. The Kier molecular flexibility index (Phi) is 6.80. The zero-order valence-corrected chi connectivity index (χ0v) is 17.4. The molecule has 1 aliphatic rings. The minimum atomic E-state index is 0.0518. The third kappa shape index (κ3) is 5.17. The third-order valence-electron chi connectivity index (χ3n) is 5.20. The van der Waals surface area contributed by atoms with E-state index < -0.39 is 0 Å². The molecule has 7 heteroatoms. The lowest BCUT2D eigenvalue weighted by molar-refractivity contribution is -0.117. The third-order valence-corrected chi connectivity index (χ3v) is 5.20. The quantitative estimate of drug-likeness (QED) is 0.790. The number of para-hydroxylation sites is 1. The van der Waals surface area contributed by atoms with Crippen LogP contribution in [0.4, 0.5) is 5.69 Å². The minimum absolute atomic E-state index is 0.0518. The van der Waals surface area contributed by atoms with Crippen LogP contribution in [-0.4, -0.2) is 58.6 Å². The van der Waals surface area contributed by atoms with E-state index in [4.69, 9.17) is 4.52 Å². The summed E-state index contributed by atoms with van der Waals surface area (Å²) in [6, 6.07) is 6.15. The van der Waals surface area contributed by atoms with Crippen molar-refractivity contribution in [3.63, 3.8) is 0 Å². The second kappa shape index (κ2) is 9.30. The molecule has 2 aromatic rings. The number of anilines is 1. The van der Waals surface area contributed by atoms with E-state index in [9.17, 15) is 4.79 Å². The molecule has 1 saturated heterocycles. The van der Waals surface area contributed by atoms with Gasteiger partial charge >= 0.3 is 0 Å². The summed E-state index contributed by atoms with van der Waals surface area (Å²) in [4.78, 5) is 21.5. The number of hydrogen-bond acceptors (Lipinski definition) is 6. The Hall–Kier alpha value is -2.25. The zero-order valence-electron chi connectivity index (χ0n) is 17.4. The van der Waals surface area contributed by atoms with Crippen LogP contribution in [0.15, 0.2) is 22.7 Å². The van der Waals surface area contributed by atoms with E-state index in [0.29, 0.717) is 19.0 Å². The maximum absolute atomic E-state index is 12.5. The van der Waals surface area contributed by atoms with Gasteiger partial charge in [0.25, 0.3) is 0 Å². The topological polar surface area (TPSA) is 74.5 Å². The van der Waals surface area contributed by atoms with E-state index in [2.05, 4.69) is 52.1 Å². The number of aryl methyl sites for hydroxylation is 2. The largest absolute Gasteiger partial charge is 0.338 e. The molecule has 0 unspecified atom stereocenters. The molecule has 1 aliphatic heterocycles. The highest BCUT2D eigenvalue weighted by atomic mass is 16.5. The van der Waals surface area contributed by atoms with Crippen molar-refractivity contribution >= 4 is 11.6 Å². The summed E-state index contributed by atoms with van der Waals surface area (Å²) < 4.78 is 5.34. The van der Waals surface area contributed by atoms with Gasteiger partial charge in [0.2, 0.25) is 11.8 Å². The summed E-state index contributed by atoms with van der Waals surface area (Å²) in [6.07, 6.45) is 0.907. The van der Waals surface area contributed by atoms with Crippen molar-refractivity contribution in [1.29, 1.82) is 0 Å². The molecule has 0 radical (unpaired) electrons. The van der Waals surface area contributed by atoms with Crippen LogP contribution >= 0.6 is 0 Å². The van der Waals surface area contributed by atoms with Crippen LogP contribution in [0.5, 0.6) is 0 Å². The maximum atomic E-state index is 12.5. The minimum Gasteiger partial charge on any atom is -0.338 e. The van der Waals surface area contributed by atoms with Crippen molar-refractivity contribution in [2.45, 2.75) is 46.6 Å². The Morgan fingerprint density at radius 3 is 2.57 bits per heavy atom. The number of nitrogens with one attached hydrogen (secondary N) is 1. The molecule has 0 aliphatic carbocycles. The lowest BCUT2D eigenvalue weighted by Gasteiger charge is -2.33.